The number of nitrogen functional groups attached to an aromatic ring is 2. The number of rotatable bonds is 2. The minimum absolute atomic E-state index is 0.156. The second-order valence-electron chi connectivity index (χ2n) is 5.09. The summed E-state index contributed by atoms with van der Waals surface area (Å²) in [5.74, 6) is 0.698. The maximum absolute atomic E-state index is 9.53. The molecule has 1 fully saturated rings. The van der Waals surface area contributed by atoms with E-state index in [2.05, 4.69) is 15.0 Å². The van der Waals surface area contributed by atoms with Gasteiger partial charge < -0.3 is 21.1 Å². The standard InChI is InChI=1S/C12H18N6O/c13-10-9-11(17-12(14)16-10)18(6-15-9)8-4-2-1-3-7(8)5-19/h6-8,19H,1-5H2,(H4,13,14,16,17)/t7-,8-/m0/s1. The number of anilines is 2. The molecule has 2 aromatic rings. The highest BCUT2D eigenvalue weighted by Crippen LogP contribution is 2.35. The summed E-state index contributed by atoms with van der Waals surface area (Å²) >= 11 is 0. The summed E-state index contributed by atoms with van der Waals surface area (Å²) in [7, 11) is 0. The first-order valence-corrected chi connectivity index (χ1v) is 6.57. The third kappa shape index (κ3) is 1.99. The van der Waals surface area contributed by atoms with E-state index in [0.717, 1.165) is 25.7 Å². The number of hydrogen-bond donors (Lipinski definition) is 3. The first-order chi connectivity index (χ1) is 9.20. The number of aliphatic hydroxyl groups excluding tert-OH is 1. The molecule has 0 radical (unpaired) electrons. The Hall–Kier alpha value is -1.89. The van der Waals surface area contributed by atoms with Gasteiger partial charge in [0.15, 0.2) is 11.5 Å². The lowest BCUT2D eigenvalue weighted by molar-refractivity contribution is 0.140. The largest absolute Gasteiger partial charge is 0.396 e. The van der Waals surface area contributed by atoms with Crippen molar-refractivity contribution in [3.8, 4) is 0 Å². The minimum Gasteiger partial charge on any atom is -0.396 e. The lowest BCUT2D eigenvalue weighted by Crippen LogP contribution is -2.25. The summed E-state index contributed by atoms with van der Waals surface area (Å²) in [6.07, 6.45) is 6.08. The van der Waals surface area contributed by atoms with E-state index in [9.17, 15) is 5.11 Å². The smallest absolute Gasteiger partial charge is 0.224 e. The molecule has 0 aliphatic heterocycles. The molecule has 1 aliphatic carbocycles. The zero-order valence-corrected chi connectivity index (χ0v) is 10.7. The van der Waals surface area contributed by atoms with Gasteiger partial charge in [-0.2, -0.15) is 9.97 Å². The number of aliphatic hydroxyl groups is 1. The van der Waals surface area contributed by atoms with Gasteiger partial charge in [0.2, 0.25) is 5.95 Å². The van der Waals surface area contributed by atoms with Crippen LogP contribution in [-0.2, 0) is 0 Å². The van der Waals surface area contributed by atoms with Gasteiger partial charge >= 0.3 is 0 Å². The van der Waals surface area contributed by atoms with E-state index in [1.165, 1.54) is 0 Å². The lowest BCUT2D eigenvalue weighted by atomic mass is 9.85. The number of imidazole rings is 1. The van der Waals surface area contributed by atoms with Crippen LogP contribution >= 0.6 is 0 Å². The molecule has 2 atom stereocenters. The summed E-state index contributed by atoms with van der Waals surface area (Å²) in [6.45, 7) is 0.181. The van der Waals surface area contributed by atoms with Crippen LogP contribution in [0.15, 0.2) is 6.33 Å². The number of nitrogens with two attached hydrogens (primary N) is 2. The first-order valence-electron chi connectivity index (χ1n) is 6.57. The number of nitrogens with zero attached hydrogens (tertiary/aromatic N) is 4. The Labute approximate surface area is 110 Å². The third-order valence-electron chi connectivity index (χ3n) is 3.93. The van der Waals surface area contributed by atoms with E-state index in [0.29, 0.717) is 17.0 Å². The average Bonchev–Trinajstić information content (AvgIpc) is 2.82. The van der Waals surface area contributed by atoms with Crippen molar-refractivity contribution in [2.24, 2.45) is 5.92 Å². The molecule has 0 saturated heterocycles. The van der Waals surface area contributed by atoms with E-state index < -0.39 is 0 Å². The summed E-state index contributed by atoms with van der Waals surface area (Å²) in [4.78, 5) is 12.4. The quantitative estimate of drug-likeness (QED) is 0.734. The van der Waals surface area contributed by atoms with Crippen LogP contribution in [0.3, 0.4) is 0 Å². The predicted octanol–water partition coefficient (Wildman–Crippen LogP) is 0.714. The van der Waals surface area contributed by atoms with E-state index in [4.69, 9.17) is 11.5 Å². The molecule has 0 aromatic carbocycles. The number of aromatic nitrogens is 4. The van der Waals surface area contributed by atoms with Crippen molar-refractivity contribution < 1.29 is 5.11 Å². The van der Waals surface area contributed by atoms with Gasteiger partial charge in [0.1, 0.15) is 5.52 Å². The Balaban J connectivity index is 2.09. The molecule has 0 amide bonds. The van der Waals surface area contributed by atoms with E-state index in [-0.39, 0.29) is 24.5 Å². The van der Waals surface area contributed by atoms with Crippen molar-refractivity contribution in [3.05, 3.63) is 6.33 Å². The summed E-state index contributed by atoms with van der Waals surface area (Å²) in [5, 5.41) is 9.53. The van der Waals surface area contributed by atoms with Crippen LogP contribution in [-0.4, -0.2) is 31.2 Å². The van der Waals surface area contributed by atoms with Gasteiger partial charge in [-0.05, 0) is 12.8 Å². The fourth-order valence-corrected chi connectivity index (χ4v) is 2.97. The van der Waals surface area contributed by atoms with Crippen molar-refractivity contribution in [2.75, 3.05) is 18.1 Å². The lowest BCUT2D eigenvalue weighted by Gasteiger charge is -2.31. The van der Waals surface area contributed by atoms with Crippen LogP contribution in [0.5, 0.6) is 0 Å². The van der Waals surface area contributed by atoms with Crippen molar-refractivity contribution in [1.82, 2.24) is 19.5 Å². The Morgan fingerprint density at radius 1 is 1.26 bits per heavy atom. The molecule has 1 saturated carbocycles. The Morgan fingerprint density at radius 2 is 2.05 bits per heavy atom. The zero-order valence-electron chi connectivity index (χ0n) is 10.7. The second kappa shape index (κ2) is 4.65. The van der Waals surface area contributed by atoms with Crippen molar-refractivity contribution >= 4 is 22.9 Å². The van der Waals surface area contributed by atoms with E-state index in [1.54, 1.807) is 6.33 Å². The van der Waals surface area contributed by atoms with Crippen molar-refractivity contribution in [2.45, 2.75) is 31.7 Å². The Bertz CT molecular complexity index is 595. The summed E-state index contributed by atoms with van der Waals surface area (Å²) in [6, 6.07) is 0.206. The van der Waals surface area contributed by atoms with Gasteiger partial charge in [0.05, 0.1) is 6.33 Å². The monoisotopic (exact) mass is 262 g/mol. The topological polar surface area (TPSA) is 116 Å². The molecule has 0 bridgehead atoms. The summed E-state index contributed by atoms with van der Waals surface area (Å²) in [5.41, 5.74) is 12.7. The zero-order chi connectivity index (χ0) is 13.4. The maximum Gasteiger partial charge on any atom is 0.224 e. The fourth-order valence-electron chi connectivity index (χ4n) is 2.97. The molecular weight excluding hydrogens is 244 g/mol. The minimum atomic E-state index is 0.156. The highest BCUT2D eigenvalue weighted by Gasteiger charge is 2.27. The second-order valence-corrected chi connectivity index (χ2v) is 5.09. The molecule has 3 rings (SSSR count). The highest BCUT2D eigenvalue weighted by molar-refractivity contribution is 5.82. The van der Waals surface area contributed by atoms with Gasteiger partial charge in [-0.3, -0.25) is 0 Å². The van der Waals surface area contributed by atoms with E-state index >= 15 is 0 Å². The Kier molecular flexibility index (Phi) is 2.98. The van der Waals surface area contributed by atoms with Gasteiger partial charge in [-0.1, -0.05) is 12.8 Å². The third-order valence-corrected chi connectivity index (χ3v) is 3.93. The maximum atomic E-state index is 9.53. The molecule has 0 spiro atoms. The molecular formula is C12H18N6O. The van der Waals surface area contributed by atoms with Crippen LogP contribution in [0.4, 0.5) is 11.8 Å². The molecule has 5 N–H and O–H groups in total. The molecule has 19 heavy (non-hydrogen) atoms. The van der Waals surface area contributed by atoms with Gasteiger partial charge in [0.25, 0.3) is 0 Å². The highest BCUT2D eigenvalue weighted by atomic mass is 16.3. The number of hydrogen-bond acceptors (Lipinski definition) is 6. The van der Waals surface area contributed by atoms with Crippen molar-refractivity contribution in [3.63, 3.8) is 0 Å². The van der Waals surface area contributed by atoms with E-state index in [1.807, 2.05) is 4.57 Å². The van der Waals surface area contributed by atoms with Crippen LogP contribution in [0.1, 0.15) is 31.7 Å². The normalized spacial score (nSPS) is 23.8. The van der Waals surface area contributed by atoms with Gasteiger partial charge in [-0.15, -0.1) is 0 Å². The predicted molar refractivity (Wildman–Crippen MR) is 72.2 cm³/mol. The average molecular weight is 262 g/mol. The van der Waals surface area contributed by atoms with Gasteiger partial charge in [0, 0.05) is 18.6 Å². The molecule has 0 unspecified atom stereocenters. The van der Waals surface area contributed by atoms with Gasteiger partial charge in [-0.25, -0.2) is 4.98 Å². The molecule has 7 nitrogen and oxygen atoms in total. The van der Waals surface area contributed by atoms with Crippen molar-refractivity contribution in [1.29, 1.82) is 0 Å². The van der Waals surface area contributed by atoms with Crippen LogP contribution in [0, 0.1) is 5.92 Å². The molecule has 2 aromatic heterocycles. The number of fused-ring (bicyclic) bond motifs is 1. The molecule has 102 valence electrons. The molecule has 1 aliphatic rings. The van der Waals surface area contributed by atoms with Crippen LogP contribution in [0.25, 0.3) is 11.2 Å². The SMILES string of the molecule is Nc1nc(N)c2ncn([C@H]3CCCC[C@H]3CO)c2n1. The first kappa shape index (κ1) is 12.2. The molecule has 7 heteroatoms. The van der Waals surface area contributed by atoms with Crippen LogP contribution < -0.4 is 11.5 Å². The Morgan fingerprint density at radius 3 is 2.84 bits per heavy atom. The fraction of sp³-hybridized carbons (Fsp3) is 0.583. The summed E-state index contributed by atoms with van der Waals surface area (Å²) < 4.78 is 1.99. The van der Waals surface area contributed by atoms with Crippen LogP contribution in [0.2, 0.25) is 0 Å². The molecule has 2 heterocycles.